The summed E-state index contributed by atoms with van der Waals surface area (Å²) in [5.41, 5.74) is 7.97. The molecule has 0 atom stereocenters. The molecule has 0 radical (unpaired) electrons. The molecule has 0 unspecified atom stereocenters. The second kappa shape index (κ2) is 9.23. The topological polar surface area (TPSA) is 124 Å². The van der Waals surface area contributed by atoms with Crippen LogP contribution in [0.15, 0.2) is 34.7 Å². The van der Waals surface area contributed by atoms with Crippen LogP contribution in [-0.4, -0.2) is 33.5 Å². The molecule has 1 aromatic heterocycles. The maximum atomic E-state index is 14.0. The molecule has 1 aliphatic heterocycles. The van der Waals surface area contributed by atoms with Crippen molar-refractivity contribution in [3.8, 4) is 5.75 Å². The Hall–Kier alpha value is -4.02. The molecular weight excluding hydrogens is 436 g/mol. The van der Waals surface area contributed by atoms with Gasteiger partial charge in [0.25, 0.3) is 5.91 Å². The standard InChI is InChI=1S/C22H21F2N5O4/c1-2-15-16(24)7-14(23)8-18(15)32-11-21(31)29(10-20-27-28-22(25)33-20)9-12-3-4-17-13(5-12)6-19(30)26-17/h3-5,7-8H,2,6,9-11H2,1H3,(H2,25,28)(H,26,30). The third kappa shape index (κ3) is 5.08. The molecular formula is C22H21F2N5O4. The van der Waals surface area contributed by atoms with Crippen LogP contribution in [0, 0.1) is 11.6 Å². The molecule has 172 valence electrons. The van der Waals surface area contributed by atoms with Gasteiger partial charge in [-0.1, -0.05) is 24.2 Å². The Kier molecular flexibility index (Phi) is 6.20. The Morgan fingerprint density at radius 1 is 1.24 bits per heavy atom. The first-order valence-electron chi connectivity index (χ1n) is 10.2. The average molecular weight is 457 g/mol. The highest BCUT2D eigenvalue weighted by Crippen LogP contribution is 2.26. The number of nitrogen functional groups attached to an aromatic ring is 1. The third-order valence-corrected chi connectivity index (χ3v) is 5.15. The van der Waals surface area contributed by atoms with Crippen LogP contribution >= 0.6 is 0 Å². The highest BCUT2D eigenvalue weighted by Gasteiger charge is 2.22. The van der Waals surface area contributed by atoms with Gasteiger partial charge in [0.1, 0.15) is 17.4 Å². The minimum atomic E-state index is -0.799. The molecule has 11 heteroatoms. The zero-order valence-corrected chi connectivity index (χ0v) is 17.7. The van der Waals surface area contributed by atoms with Gasteiger partial charge in [-0.2, -0.15) is 0 Å². The van der Waals surface area contributed by atoms with Gasteiger partial charge in [-0.25, -0.2) is 8.78 Å². The normalized spacial score (nSPS) is 12.4. The summed E-state index contributed by atoms with van der Waals surface area (Å²) in [6, 6.07) is 7.05. The number of amides is 2. The molecule has 4 rings (SSSR count). The van der Waals surface area contributed by atoms with Gasteiger partial charge in [-0.05, 0) is 23.6 Å². The number of ether oxygens (including phenoxy) is 1. The van der Waals surface area contributed by atoms with Crippen molar-refractivity contribution in [2.24, 2.45) is 0 Å². The lowest BCUT2D eigenvalue weighted by molar-refractivity contribution is -0.135. The number of hydrogen-bond donors (Lipinski definition) is 2. The van der Waals surface area contributed by atoms with Crippen molar-refractivity contribution in [3.63, 3.8) is 0 Å². The maximum absolute atomic E-state index is 14.0. The van der Waals surface area contributed by atoms with Crippen LogP contribution in [0.4, 0.5) is 20.5 Å². The molecule has 0 spiro atoms. The zero-order chi connectivity index (χ0) is 23.5. The van der Waals surface area contributed by atoms with Crippen LogP contribution in [-0.2, 0) is 35.5 Å². The number of benzene rings is 2. The summed E-state index contributed by atoms with van der Waals surface area (Å²) in [6.07, 6.45) is 0.522. The number of rotatable bonds is 8. The number of halogens is 2. The molecule has 2 heterocycles. The fourth-order valence-electron chi connectivity index (χ4n) is 3.61. The minimum Gasteiger partial charge on any atom is -0.483 e. The van der Waals surface area contributed by atoms with E-state index in [2.05, 4.69) is 15.5 Å². The second-order valence-corrected chi connectivity index (χ2v) is 7.51. The quantitative estimate of drug-likeness (QED) is 0.533. The maximum Gasteiger partial charge on any atom is 0.312 e. The largest absolute Gasteiger partial charge is 0.483 e. The van der Waals surface area contributed by atoms with Crippen molar-refractivity contribution in [3.05, 3.63) is 64.5 Å². The predicted octanol–water partition coefficient (Wildman–Crippen LogP) is 2.59. The average Bonchev–Trinajstić information content (AvgIpc) is 3.34. The highest BCUT2D eigenvalue weighted by atomic mass is 19.1. The number of aromatic nitrogens is 2. The number of nitrogens with two attached hydrogens (primary N) is 1. The van der Waals surface area contributed by atoms with Crippen molar-refractivity contribution in [1.29, 1.82) is 0 Å². The number of carbonyl (C=O) groups excluding carboxylic acids is 2. The first-order valence-corrected chi connectivity index (χ1v) is 10.2. The summed E-state index contributed by atoms with van der Waals surface area (Å²) in [5.74, 6) is -2.03. The lowest BCUT2D eigenvalue weighted by Crippen LogP contribution is -2.34. The molecule has 2 aromatic carbocycles. The van der Waals surface area contributed by atoms with E-state index in [1.807, 2.05) is 6.07 Å². The second-order valence-electron chi connectivity index (χ2n) is 7.51. The summed E-state index contributed by atoms with van der Waals surface area (Å²) in [6.45, 7) is 1.32. The number of carbonyl (C=O) groups is 2. The van der Waals surface area contributed by atoms with Gasteiger partial charge in [0.2, 0.25) is 11.8 Å². The van der Waals surface area contributed by atoms with Crippen LogP contribution in [0.2, 0.25) is 0 Å². The van der Waals surface area contributed by atoms with Gasteiger partial charge in [-0.15, -0.1) is 5.10 Å². The SMILES string of the molecule is CCc1c(F)cc(F)cc1OCC(=O)N(Cc1ccc2c(c1)CC(=O)N2)Cc1nnc(N)o1. The molecule has 1 aliphatic rings. The van der Waals surface area contributed by atoms with Crippen LogP contribution in [0.5, 0.6) is 5.75 Å². The van der Waals surface area contributed by atoms with Crippen molar-refractivity contribution < 1.29 is 27.5 Å². The van der Waals surface area contributed by atoms with Crippen LogP contribution in [0.25, 0.3) is 0 Å². The van der Waals surface area contributed by atoms with Crippen LogP contribution in [0.1, 0.15) is 29.5 Å². The van der Waals surface area contributed by atoms with Crippen molar-refractivity contribution in [2.75, 3.05) is 17.7 Å². The van der Waals surface area contributed by atoms with Gasteiger partial charge in [-0.3, -0.25) is 9.59 Å². The van der Waals surface area contributed by atoms with Gasteiger partial charge in [0, 0.05) is 29.9 Å². The van der Waals surface area contributed by atoms with E-state index < -0.39 is 24.1 Å². The molecule has 2 amide bonds. The summed E-state index contributed by atoms with van der Waals surface area (Å²) in [7, 11) is 0. The molecule has 0 saturated heterocycles. The molecule has 0 aliphatic carbocycles. The molecule has 0 bridgehead atoms. The van der Waals surface area contributed by atoms with E-state index >= 15 is 0 Å². The first-order chi connectivity index (χ1) is 15.8. The molecule has 33 heavy (non-hydrogen) atoms. The van der Waals surface area contributed by atoms with Gasteiger partial charge in [0.05, 0.1) is 13.0 Å². The number of nitrogens with zero attached hydrogens (tertiary/aromatic N) is 3. The third-order valence-electron chi connectivity index (χ3n) is 5.15. The van der Waals surface area contributed by atoms with E-state index in [1.165, 1.54) is 4.90 Å². The van der Waals surface area contributed by atoms with Gasteiger partial charge >= 0.3 is 6.01 Å². The zero-order valence-electron chi connectivity index (χ0n) is 17.7. The van der Waals surface area contributed by atoms with E-state index in [1.54, 1.807) is 19.1 Å². The Balaban J connectivity index is 1.53. The van der Waals surface area contributed by atoms with Crippen molar-refractivity contribution in [1.82, 2.24) is 15.1 Å². The minimum absolute atomic E-state index is 0.0348. The fourth-order valence-corrected chi connectivity index (χ4v) is 3.61. The van der Waals surface area contributed by atoms with E-state index in [0.29, 0.717) is 0 Å². The monoisotopic (exact) mass is 457 g/mol. The number of anilines is 2. The fraction of sp³-hybridized carbons (Fsp3) is 0.273. The Bertz CT molecular complexity index is 1210. The Morgan fingerprint density at radius 2 is 2.06 bits per heavy atom. The summed E-state index contributed by atoms with van der Waals surface area (Å²) >= 11 is 0. The lowest BCUT2D eigenvalue weighted by atomic mass is 10.1. The van der Waals surface area contributed by atoms with Crippen molar-refractivity contribution in [2.45, 2.75) is 32.9 Å². The van der Waals surface area contributed by atoms with Crippen LogP contribution in [0.3, 0.4) is 0 Å². The Labute approximate surface area is 187 Å². The number of nitrogens with one attached hydrogen (secondary N) is 1. The van der Waals surface area contributed by atoms with Gasteiger partial charge in [0.15, 0.2) is 6.61 Å². The van der Waals surface area contributed by atoms with Gasteiger partial charge < -0.3 is 25.1 Å². The number of fused-ring (bicyclic) bond motifs is 1. The predicted molar refractivity (Wildman–Crippen MR) is 113 cm³/mol. The summed E-state index contributed by atoms with van der Waals surface area (Å²) < 4.78 is 38.4. The Morgan fingerprint density at radius 3 is 2.79 bits per heavy atom. The number of hydrogen-bond acceptors (Lipinski definition) is 7. The smallest absolute Gasteiger partial charge is 0.312 e. The molecule has 0 saturated carbocycles. The molecule has 0 fully saturated rings. The highest BCUT2D eigenvalue weighted by molar-refractivity contribution is 5.99. The first kappa shape index (κ1) is 22.2. The lowest BCUT2D eigenvalue weighted by Gasteiger charge is -2.22. The summed E-state index contributed by atoms with van der Waals surface area (Å²) in [4.78, 5) is 26.0. The van der Waals surface area contributed by atoms with E-state index in [4.69, 9.17) is 14.9 Å². The van der Waals surface area contributed by atoms with E-state index in [0.717, 1.165) is 28.9 Å². The van der Waals surface area contributed by atoms with E-state index in [-0.39, 0.29) is 55.1 Å². The van der Waals surface area contributed by atoms with Crippen molar-refractivity contribution >= 4 is 23.5 Å². The van der Waals surface area contributed by atoms with E-state index in [9.17, 15) is 18.4 Å². The molecule has 3 aromatic rings. The summed E-state index contributed by atoms with van der Waals surface area (Å²) in [5, 5.41) is 10.1. The molecule has 3 N–H and O–H groups in total. The molecule has 9 nitrogen and oxygen atoms in total. The van der Waals surface area contributed by atoms with Crippen LogP contribution < -0.4 is 15.8 Å².